The van der Waals surface area contributed by atoms with E-state index in [1.807, 2.05) is 44.2 Å². The van der Waals surface area contributed by atoms with Crippen molar-refractivity contribution in [2.75, 3.05) is 6.61 Å². The topological polar surface area (TPSA) is 18.5 Å². The van der Waals surface area contributed by atoms with Gasteiger partial charge >= 0.3 is 0 Å². The molecule has 0 N–H and O–H groups in total. The molecule has 0 heterocycles. The van der Waals surface area contributed by atoms with Gasteiger partial charge in [-0.2, -0.15) is 0 Å². The van der Waals surface area contributed by atoms with Gasteiger partial charge in [-0.15, -0.1) is 5.92 Å². The van der Waals surface area contributed by atoms with Crippen molar-refractivity contribution in [1.82, 2.24) is 0 Å². The van der Waals surface area contributed by atoms with Crippen LogP contribution in [0.25, 0.3) is 0 Å². The van der Waals surface area contributed by atoms with Crippen molar-refractivity contribution in [3.8, 4) is 11.8 Å². The SMILES string of the molecule is CC(C)(OOCCC#CC(C)(C(C)(C)C)C(C)(C)C)c1ccccc1. The lowest BCUT2D eigenvalue weighted by atomic mass is 9.55. The molecule has 0 aliphatic heterocycles. The van der Waals surface area contributed by atoms with Crippen LogP contribution in [0, 0.1) is 28.1 Å². The predicted molar refractivity (Wildman–Crippen MR) is 106 cm³/mol. The lowest BCUT2D eigenvalue weighted by Crippen LogP contribution is -2.42. The van der Waals surface area contributed by atoms with Gasteiger partial charge < -0.3 is 0 Å². The third-order valence-electron chi connectivity index (χ3n) is 5.39. The van der Waals surface area contributed by atoms with Gasteiger partial charge in [-0.3, -0.25) is 0 Å². The summed E-state index contributed by atoms with van der Waals surface area (Å²) in [4.78, 5) is 11.1. The monoisotopic (exact) mass is 344 g/mol. The Bertz CT molecular complexity index is 575. The van der Waals surface area contributed by atoms with E-state index in [-0.39, 0.29) is 16.2 Å². The maximum Gasteiger partial charge on any atom is 0.123 e. The molecule has 0 aliphatic carbocycles. The van der Waals surface area contributed by atoms with E-state index in [4.69, 9.17) is 9.78 Å². The molecule has 0 bridgehead atoms. The first-order valence-corrected chi connectivity index (χ1v) is 9.17. The van der Waals surface area contributed by atoms with Gasteiger partial charge in [0.2, 0.25) is 0 Å². The second-order valence-corrected chi connectivity index (χ2v) is 9.46. The van der Waals surface area contributed by atoms with Crippen molar-refractivity contribution in [3.63, 3.8) is 0 Å². The molecule has 0 fully saturated rings. The normalized spacial score (nSPS) is 13.3. The number of rotatable bonds is 5. The molecule has 2 heteroatoms. The first-order chi connectivity index (χ1) is 11.3. The third kappa shape index (κ3) is 5.59. The highest BCUT2D eigenvalue weighted by Crippen LogP contribution is 2.50. The summed E-state index contributed by atoms with van der Waals surface area (Å²) >= 11 is 0. The summed E-state index contributed by atoms with van der Waals surface area (Å²) in [7, 11) is 0. The molecule has 0 saturated heterocycles. The van der Waals surface area contributed by atoms with Crippen molar-refractivity contribution in [1.29, 1.82) is 0 Å². The van der Waals surface area contributed by atoms with Crippen LogP contribution in [0.3, 0.4) is 0 Å². The van der Waals surface area contributed by atoms with Gasteiger partial charge in [0.05, 0.1) is 6.61 Å². The van der Waals surface area contributed by atoms with Crippen LogP contribution in [0.5, 0.6) is 0 Å². The molecular weight excluding hydrogens is 308 g/mol. The van der Waals surface area contributed by atoms with Gasteiger partial charge in [-0.1, -0.05) is 77.8 Å². The summed E-state index contributed by atoms with van der Waals surface area (Å²) in [6.07, 6.45) is 0.659. The van der Waals surface area contributed by atoms with Crippen LogP contribution in [-0.4, -0.2) is 6.61 Å². The third-order valence-corrected chi connectivity index (χ3v) is 5.39. The summed E-state index contributed by atoms with van der Waals surface area (Å²) in [5.74, 6) is 6.83. The van der Waals surface area contributed by atoms with Gasteiger partial charge in [0.15, 0.2) is 0 Å². The first kappa shape index (κ1) is 21.7. The molecule has 1 aromatic carbocycles. The molecule has 0 saturated carbocycles. The molecule has 0 unspecified atom stereocenters. The highest BCUT2D eigenvalue weighted by Gasteiger charge is 2.45. The Morgan fingerprint density at radius 3 is 1.80 bits per heavy atom. The lowest BCUT2D eigenvalue weighted by Gasteiger charge is -2.47. The van der Waals surface area contributed by atoms with E-state index in [1.165, 1.54) is 0 Å². The van der Waals surface area contributed by atoms with Gasteiger partial charge in [-0.25, -0.2) is 9.78 Å². The van der Waals surface area contributed by atoms with E-state index < -0.39 is 5.60 Å². The predicted octanol–water partition coefficient (Wildman–Crippen LogP) is 6.36. The van der Waals surface area contributed by atoms with E-state index in [9.17, 15) is 0 Å². The lowest BCUT2D eigenvalue weighted by molar-refractivity contribution is -0.357. The Kier molecular flexibility index (Phi) is 6.90. The zero-order valence-corrected chi connectivity index (χ0v) is 17.6. The van der Waals surface area contributed by atoms with E-state index in [2.05, 4.69) is 60.3 Å². The minimum absolute atomic E-state index is 0.0792. The Labute approximate surface area is 155 Å². The molecule has 0 aromatic heterocycles. The molecule has 2 nitrogen and oxygen atoms in total. The summed E-state index contributed by atoms with van der Waals surface area (Å²) in [6, 6.07) is 10.1. The fourth-order valence-electron chi connectivity index (χ4n) is 2.91. The number of hydrogen-bond acceptors (Lipinski definition) is 2. The van der Waals surface area contributed by atoms with Gasteiger partial charge in [0, 0.05) is 11.8 Å². The zero-order chi connectivity index (χ0) is 19.4. The van der Waals surface area contributed by atoms with Crippen molar-refractivity contribution in [3.05, 3.63) is 35.9 Å². The van der Waals surface area contributed by atoms with Crippen molar-refractivity contribution in [2.45, 2.75) is 74.3 Å². The molecule has 1 aromatic rings. The quantitative estimate of drug-likeness (QED) is 0.268. The van der Waals surface area contributed by atoms with E-state index in [0.29, 0.717) is 13.0 Å². The number of hydrogen-bond donors (Lipinski definition) is 0. The smallest absolute Gasteiger partial charge is 0.123 e. The van der Waals surface area contributed by atoms with E-state index >= 15 is 0 Å². The second-order valence-electron chi connectivity index (χ2n) is 9.46. The molecule has 25 heavy (non-hydrogen) atoms. The Balaban J connectivity index is 2.60. The van der Waals surface area contributed by atoms with Crippen LogP contribution >= 0.6 is 0 Å². The first-order valence-electron chi connectivity index (χ1n) is 9.17. The fraction of sp³-hybridized carbons (Fsp3) is 0.652. The maximum absolute atomic E-state index is 5.61. The molecule has 0 atom stereocenters. The Morgan fingerprint density at radius 1 is 0.800 bits per heavy atom. The van der Waals surface area contributed by atoms with Gasteiger partial charge in [0.1, 0.15) is 5.60 Å². The van der Waals surface area contributed by atoms with Crippen LogP contribution in [0.2, 0.25) is 0 Å². The zero-order valence-electron chi connectivity index (χ0n) is 17.6. The largest absolute Gasteiger partial charge is 0.235 e. The minimum atomic E-state index is -0.472. The van der Waals surface area contributed by atoms with Crippen molar-refractivity contribution in [2.24, 2.45) is 16.2 Å². The van der Waals surface area contributed by atoms with Crippen LogP contribution in [0.15, 0.2) is 30.3 Å². The summed E-state index contributed by atoms with van der Waals surface area (Å²) in [5, 5.41) is 0. The molecule has 0 amide bonds. The summed E-state index contributed by atoms with van der Waals surface area (Å²) in [5.41, 5.74) is 0.745. The Morgan fingerprint density at radius 2 is 1.32 bits per heavy atom. The second kappa shape index (κ2) is 7.94. The van der Waals surface area contributed by atoms with Crippen LogP contribution in [-0.2, 0) is 15.4 Å². The molecular formula is C23H36O2. The Hall–Kier alpha value is -1.30. The minimum Gasteiger partial charge on any atom is -0.235 e. The molecule has 0 radical (unpaired) electrons. The van der Waals surface area contributed by atoms with Gasteiger partial charge in [-0.05, 0) is 37.2 Å². The fourth-order valence-corrected chi connectivity index (χ4v) is 2.91. The average Bonchev–Trinajstić information content (AvgIpc) is 2.49. The van der Waals surface area contributed by atoms with Gasteiger partial charge in [0.25, 0.3) is 0 Å². The summed E-state index contributed by atoms with van der Waals surface area (Å²) in [6.45, 7) is 20.3. The molecule has 1 rings (SSSR count). The molecule has 0 aliphatic rings. The van der Waals surface area contributed by atoms with E-state index in [0.717, 1.165) is 5.56 Å². The van der Waals surface area contributed by atoms with E-state index in [1.54, 1.807) is 0 Å². The van der Waals surface area contributed by atoms with Crippen molar-refractivity contribution >= 4 is 0 Å². The molecule has 0 spiro atoms. The summed E-state index contributed by atoms with van der Waals surface area (Å²) < 4.78 is 0. The standard InChI is InChI=1S/C23H36O2/c1-20(2,3)23(9,21(4,5)6)17-13-14-18-24-25-22(7,8)19-15-11-10-12-16-19/h10-12,15-16H,14,18H2,1-9H3. The van der Waals surface area contributed by atoms with Crippen molar-refractivity contribution < 1.29 is 9.78 Å². The van der Waals surface area contributed by atoms with Crippen LogP contribution < -0.4 is 0 Å². The molecule has 140 valence electrons. The van der Waals surface area contributed by atoms with Crippen LogP contribution in [0.4, 0.5) is 0 Å². The highest BCUT2D eigenvalue weighted by atomic mass is 17.2. The average molecular weight is 345 g/mol. The highest BCUT2D eigenvalue weighted by molar-refractivity contribution is 5.20. The van der Waals surface area contributed by atoms with Crippen LogP contribution in [0.1, 0.15) is 74.3 Å². The number of benzene rings is 1. The maximum atomic E-state index is 5.61.